The van der Waals surface area contributed by atoms with Gasteiger partial charge in [-0.15, -0.1) is 0 Å². The summed E-state index contributed by atoms with van der Waals surface area (Å²) in [5.41, 5.74) is 0.986. The van der Waals surface area contributed by atoms with Crippen LogP contribution in [0.2, 0.25) is 0 Å². The van der Waals surface area contributed by atoms with Gasteiger partial charge in [0.15, 0.2) is 0 Å². The van der Waals surface area contributed by atoms with Crippen LogP contribution in [0.1, 0.15) is 5.56 Å². The number of benzene rings is 1. The predicted molar refractivity (Wildman–Crippen MR) is 45.8 cm³/mol. The monoisotopic (exact) mass is 168 g/mol. The van der Waals surface area contributed by atoms with Crippen molar-refractivity contribution in [3.05, 3.63) is 35.9 Å². The maximum absolute atomic E-state index is 10.8. The van der Waals surface area contributed by atoms with Crippen molar-refractivity contribution in [2.24, 2.45) is 0 Å². The predicted octanol–water partition coefficient (Wildman–Crippen LogP) is 0.577. The van der Waals surface area contributed by atoms with E-state index in [1.54, 1.807) is 0 Å². The quantitative estimate of drug-likeness (QED) is 0.606. The first-order valence-electron chi connectivity index (χ1n) is 3.43. The summed E-state index contributed by atoms with van der Waals surface area (Å²) in [4.78, 5) is 10.8. The van der Waals surface area contributed by atoms with E-state index in [2.05, 4.69) is 4.74 Å². The number of methoxy groups -OCH3 is 1. The maximum atomic E-state index is 10.8. The highest BCUT2D eigenvalue weighted by Crippen LogP contribution is 1.99. The molecule has 0 aliphatic rings. The third-order valence-electron chi connectivity index (χ3n) is 1.42. The highest BCUT2D eigenvalue weighted by atomic mass is 16.5. The van der Waals surface area contributed by atoms with Gasteiger partial charge in [0.25, 0.3) is 0 Å². The Balaban J connectivity index is 0.00000121. The Bertz CT molecular complexity index is 231. The minimum Gasteiger partial charge on any atom is -0.469 e. The van der Waals surface area contributed by atoms with E-state index in [0.29, 0.717) is 6.42 Å². The van der Waals surface area contributed by atoms with Gasteiger partial charge in [0.1, 0.15) is 0 Å². The first kappa shape index (κ1) is 10.7. The van der Waals surface area contributed by atoms with Crippen molar-refractivity contribution in [1.82, 2.24) is 0 Å². The summed E-state index contributed by atoms with van der Waals surface area (Å²) in [5, 5.41) is 0. The molecule has 0 saturated heterocycles. The van der Waals surface area contributed by atoms with Crippen molar-refractivity contribution in [2.45, 2.75) is 6.42 Å². The summed E-state index contributed by atoms with van der Waals surface area (Å²) in [5.74, 6) is -0.198. The van der Waals surface area contributed by atoms with Gasteiger partial charge in [-0.2, -0.15) is 0 Å². The summed E-state index contributed by atoms with van der Waals surface area (Å²) in [7, 11) is 1.39. The molecule has 12 heavy (non-hydrogen) atoms. The number of rotatable bonds is 2. The molecular weight excluding hydrogens is 156 g/mol. The van der Waals surface area contributed by atoms with E-state index in [9.17, 15) is 4.79 Å². The summed E-state index contributed by atoms with van der Waals surface area (Å²) >= 11 is 0. The minimum absolute atomic E-state index is 0. The number of hydrogen-bond donors (Lipinski definition) is 0. The van der Waals surface area contributed by atoms with Crippen LogP contribution in [0.5, 0.6) is 0 Å². The SMILES string of the molecule is COC(=O)Cc1ccccc1.O. The van der Waals surface area contributed by atoms with Crippen molar-refractivity contribution < 1.29 is 15.0 Å². The Morgan fingerprint density at radius 2 is 1.92 bits per heavy atom. The summed E-state index contributed by atoms with van der Waals surface area (Å²) < 4.78 is 4.52. The molecule has 3 nitrogen and oxygen atoms in total. The van der Waals surface area contributed by atoms with E-state index in [1.807, 2.05) is 30.3 Å². The van der Waals surface area contributed by atoms with Gasteiger partial charge in [0.2, 0.25) is 0 Å². The first-order valence-corrected chi connectivity index (χ1v) is 3.43. The number of carbonyl (C=O) groups excluding carboxylic acids is 1. The van der Waals surface area contributed by atoms with Crippen molar-refractivity contribution >= 4 is 5.97 Å². The van der Waals surface area contributed by atoms with Gasteiger partial charge in [-0.1, -0.05) is 30.3 Å². The number of esters is 1. The highest BCUT2D eigenvalue weighted by Gasteiger charge is 1.99. The Hall–Kier alpha value is -1.35. The minimum atomic E-state index is -0.198. The largest absolute Gasteiger partial charge is 0.469 e. The second-order valence-electron chi connectivity index (χ2n) is 2.24. The average Bonchev–Trinajstić information content (AvgIpc) is 2.06. The van der Waals surface area contributed by atoms with Crippen LogP contribution in [0.4, 0.5) is 0 Å². The van der Waals surface area contributed by atoms with Crippen LogP contribution in [0, 0.1) is 0 Å². The van der Waals surface area contributed by atoms with Crippen molar-refractivity contribution in [1.29, 1.82) is 0 Å². The van der Waals surface area contributed by atoms with Gasteiger partial charge in [-0.05, 0) is 5.56 Å². The second-order valence-corrected chi connectivity index (χ2v) is 2.24. The van der Waals surface area contributed by atoms with Gasteiger partial charge in [0, 0.05) is 0 Å². The van der Waals surface area contributed by atoms with Gasteiger partial charge >= 0.3 is 5.97 Å². The maximum Gasteiger partial charge on any atom is 0.309 e. The third-order valence-corrected chi connectivity index (χ3v) is 1.42. The van der Waals surface area contributed by atoms with Crippen LogP contribution < -0.4 is 0 Å². The van der Waals surface area contributed by atoms with Crippen LogP contribution in [0.25, 0.3) is 0 Å². The molecule has 0 unspecified atom stereocenters. The molecule has 0 aliphatic carbocycles. The zero-order chi connectivity index (χ0) is 8.10. The summed E-state index contributed by atoms with van der Waals surface area (Å²) in [6.07, 6.45) is 0.358. The zero-order valence-corrected chi connectivity index (χ0v) is 6.91. The van der Waals surface area contributed by atoms with Gasteiger partial charge in [-0.25, -0.2) is 0 Å². The molecule has 0 spiro atoms. The van der Waals surface area contributed by atoms with E-state index < -0.39 is 0 Å². The molecule has 0 amide bonds. The van der Waals surface area contributed by atoms with Crippen LogP contribution in [0.3, 0.4) is 0 Å². The fourth-order valence-corrected chi connectivity index (χ4v) is 0.835. The Kier molecular flexibility index (Phi) is 4.72. The van der Waals surface area contributed by atoms with Crippen molar-refractivity contribution in [3.8, 4) is 0 Å². The molecular formula is C9H12O3. The zero-order valence-electron chi connectivity index (χ0n) is 6.91. The van der Waals surface area contributed by atoms with E-state index in [-0.39, 0.29) is 11.4 Å². The molecule has 0 heterocycles. The molecule has 0 atom stereocenters. The smallest absolute Gasteiger partial charge is 0.309 e. The molecule has 0 radical (unpaired) electrons. The van der Waals surface area contributed by atoms with Crippen LogP contribution in [-0.2, 0) is 16.0 Å². The van der Waals surface area contributed by atoms with E-state index in [4.69, 9.17) is 0 Å². The lowest BCUT2D eigenvalue weighted by molar-refractivity contribution is -0.139. The fraction of sp³-hybridized carbons (Fsp3) is 0.222. The van der Waals surface area contributed by atoms with Gasteiger partial charge in [0.05, 0.1) is 13.5 Å². The lowest BCUT2D eigenvalue weighted by Gasteiger charge is -1.97. The van der Waals surface area contributed by atoms with Crippen LogP contribution in [-0.4, -0.2) is 18.6 Å². The van der Waals surface area contributed by atoms with Gasteiger partial charge < -0.3 is 10.2 Å². The molecule has 1 rings (SSSR count). The molecule has 3 heteroatoms. The first-order chi connectivity index (χ1) is 5.33. The molecule has 66 valence electrons. The number of carbonyl (C=O) groups is 1. The molecule has 0 aliphatic heterocycles. The lowest BCUT2D eigenvalue weighted by Crippen LogP contribution is -2.03. The van der Waals surface area contributed by atoms with E-state index in [1.165, 1.54) is 7.11 Å². The molecule has 0 fully saturated rings. The third kappa shape index (κ3) is 3.16. The fourth-order valence-electron chi connectivity index (χ4n) is 0.835. The molecule has 0 aromatic heterocycles. The molecule has 0 saturated carbocycles. The molecule has 1 aromatic carbocycles. The molecule has 1 aromatic rings. The summed E-state index contributed by atoms with van der Waals surface area (Å²) in [6, 6.07) is 9.52. The average molecular weight is 168 g/mol. The topological polar surface area (TPSA) is 57.8 Å². The molecule has 2 N–H and O–H groups in total. The lowest BCUT2D eigenvalue weighted by atomic mass is 10.2. The highest BCUT2D eigenvalue weighted by molar-refractivity contribution is 5.72. The van der Waals surface area contributed by atoms with Gasteiger partial charge in [-0.3, -0.25) is 4.79 Å². The second kappa shape index (κ2) is 5.32. The Labute approximate surface area is 71.3 Å². The molecule has 0 bridgehead atoms. The van der Waals surface area contributed by atoms with Crippen molar-refractivity contribution in [2.75, 3.05) is 7.11 Å². The van der Waals surface area contributed by atoms with Crippen LogP contribution in [0.15, 0.2) is 30.3 Å². The normalized spacial score (nSPS) is 8.42. The number of hydrogen-bond acceptors (Lipinski definition) is 2. The Morgan fingerprint density at radius 1 is 1.33 bits per heavy atom. The van der Waals surface area contributed by atoms with Crippen LogP contribution >= 0.6 is 0 Å². The number of ether oxygens (including phenoxy) is 1. The van der Waals surface area contributed by atoms with E-state index in [0.717, 1.165) is 5.56 Å². The standard InChI is InChI=1S/C9H10O2.H2O/c1-11-9(10)7-8-5-3-2-4-6-8;/h2-6H,7H2,1H3;1H2. The summed E-state index contributed by atoms with van der Waals surface area (Å²) in [6.45, 7) is 0. The Morgan fingerprint density at radius 3 is 2.42 bits per heavy atom. The van der Waals surface area contributed by atoms with E-state index >= 15 is 0 Å². The van der Waals surface area contributed by atoms with Crippen molar-refractivity contribution in [3.63, 3.8) is 0 Å².